The van der Waals surface area contributed by atoms with Crippen molar-refractivity contribution in [3.05, 3.63) is 30.1 Å². The Bertz CT molecular complexity index is 389. The summed E-state index contributed by atoms with van der Waals surface area (Å²) in [6.45, 7) is 8.46. The molecule has 0 saturated carbocycles. The standard InChI is InChI=1S/C16H26N4/c1-4-15(14-18-6-1)16-5-2-10-20(16)11-3-9-19-12-7-17-8-13-19/h1,4,6,14,16-17H,2-3,5,7-13H2. The van der Waals surface area contributed by atoms with Crippen LogP contribution in [0.5, 0.6) is 0 Å². The molecule has 0 bridgehead atoms. The maximum atomic E-state index is 4.28. The third kappa shape index (κ3) is 3.57. The normalized spacial score (nSPS) is 25.1. The number of rotatable bonds is 5. The van der Waals surface area contributed by atoms with Gasteiger partial charge in [-0.1, -0.05) is 6.07 Å². The molecule has 0 radical (unpaired) electrons. The molecule has 1 N–H and O–H groups in total. The number of aromatic nitrogens is 1. The van der Waals surface area contributed by atoms with E-state index in [4.69, 9.17) is 0 Å². The summed E-state index contributed by atoms with van der Waals surface area (Å²) in [5.41, 5.74) is 1.40. The van der Waals surface area contributed by atoms with E-state index in [1.165, 1.54) is 57.5 Å². The zero-order valence-electron chi connectivity index (χ0n) is 12.3. The maximum Gasteiger partial charge on any atom is 0.0363 e. The number of likely N-dealkylation sites (tertiary alicyclic amines) is 1. The van der Waals surface area contributed by atoms with E-state index >= 15 is 0 Å². The van der Waals surface area contributed by atoms with E-state index in [1.807, 2.05) is 12.4 Å². The minimum atomic E-state index is 0.603. The van der Waals surface area contributed by atoms with Gasteiger partial charge < -0.3 is 10.2 Å². The Hall–Kier alpha value is -0.970. The summed E-state index contributed by atoms with van der Waals surface area (Å²) in [6, 6.07) is 4.89. The molecule has 2 aliphatic heterocycles. The molecule has 0 aliphatic carbocycles. The fourth-order valence-electron chi connectivity index (χ4n) is 3.48. The molecule has 0 spiro atoms. The van der Waals surface area contributed by atoms with Gasteiger partial charge >= 0.3 is 0 Å². The highest BCUT2D eigenvalue weighted by Gasteiger charge is 2.25. The molecule has 3 heterocycles. The zero-order valence-corrected chi connectivity index (χ0v) is 12.3. The molecule has 2 fully saturated rings. The van der Waals surface area contributed by atoms with Crippen LogP contribution in [0.25, 0.3) is 0 Å². The quantitative estimate of drug-likeness (QED) is 0.882. The first-order valence-corrected chi connectivity index (χ1v) is 8.00. The first kappa shape index (κ1) is 14.0. The van der Waals surface area contributed by atoms with Gasteiger partial charge in [0, 0.05) is 44.6 Å². The van der Waals surface area contributed by atoms with Crippen molar-refractivity contribution < 1.29 is 0 Å². The second-order valence-electron chi connectivity index (χ2n) is 5.93. The van der Waals surface area contributed by atoms with Gasteiger partial charge in [0.25, 0.3) is 0 Å². The minimum Gasteiger partial charge on any atom is -0.314 e. The van der Waals surface area contributed by atoms with Crippen LogP contribution in [0.1, 0.15) is 30.9 Å². The van der Waals surface area contributed by atoms with Crippen molar-refractivity contribution in [3.63, 3.8) is 0 Å². The Morgan fingerprint density at radius 1 is 1.20 bits per heavy atom. The van der Waals surface area contributed by atoms with Crippen molar-refractivity contribution in [2.24, 2.45) is 0 Å². The molecule has 4 nitrogen and oxygen atoms in total. The molecule has 3 rings (SSSR count). The van der Waals surface area contributed by atoms with Crippen molar-refractivity contribution in [3.8, 4) is 0 Å². The van der Waals surface area contributed by atoms with Gasteiger partial charge in [0.1, 0.15) is 0 Å². The van der Waals surface area contributed by atoms with Gasteiger partial charge in [-0.2, -0.15) is 0 Å². The Balaban J connectivity index is 1.46. The van der Waals surface area contributed by atoms with Gasteiger partial charge in [-0.05, 0) is 50.5 Å². The highest BCUT2D eigenvalue weighted by molar-refractivity contribution is 5.15. The first-order valence-electron chi connectivity index (χ1n) is 8.00. The first-order chi connectivity index (χ1) is 9.93. The van der Waals surface area contributed by atoms with E-state index in [2.05, 4.69) is 32.2 Å². The van der Waals surface area contributed by atoms with Gasteiger partial charge in [0.15, 0.2) is 0 Å². The largest absolute Gasteiger partial charge is 0.314 e. The van der Waals surface area contributed by atoms with E-state index in [1.54, 1.807) is 0 Å². The van der Waals surface area contributed by atoms with Gasteiger partial charge in [-0.15, -0.1) is 0 Å². The van der Waals surface area contributed by atoms with Gasteiger partial charge in [-0.3, -0.25) is 9.88 Å². The summed E-state index contributed by atoms with van der Waals surface area (Å²) in [5, 5.41) is 3.42. The Morgan fingerprint density at radius 2 is 2.10 bits per heavy atom. The van der Waals surface area contributed by atoms with Crippen LogP contribution in [0.3, 0.4) is 0 Å². The summed E-state index contributed by atoms with van der Waals surface area (Å²) in [7, 11) is 0. The second-order valence-corrected chi connectivity index (χ2v) is 5.93. The molecule has 20 heavy (non-hydrogen) atoms. The molecule has 1 unspecified atom stereocenters. The van der Waals surface area contributed by atoms with Crippen LogP contribution in [0.4, 0.5) is 0 Å². The lowest BCUT2D eigenvalue weighted by Gasteiger charge is -2.29. The van der Waals surface area contributed by atoms with Crippen LogP contribution >= 0.6 is 0 Å². The maximum absolute atomic E-state index is 4.28. The number of hydrogen-bond donors (Lipinski definition) is 1. The minimum absolute atomic E-state index is 0.603. The zero-order chi connectivity index (χ0) is 13.6. The lowest BCUT2D eigenvalue weighted by Crippen LogP contribution is -2.44. The van der Waals surface area contributed by atoms with Crippen LogP contribution < -0.4 is 5.32 Å². The monoisotopic (exact) mass is 274 g/mol. The molecule has 110 valence electrons. The average molecular weight is 274 g/mol. The SMILES string of the molecule is c1cncc(C2CCCN2CCCN2CCNCC2)c1. The number of hydrogen-bond acceptors (Lipinski definition) is 4. The Kier molecular flexibility index (Phi) is 5.01. The van der Waals surface area contributed by atoms with Crippen molar-refractivity contribution in [2.75, 3.05) is 45.8 Å². The molecule has 1 aromatic heterocycles. The number of nitrogens with one attached hydrogen (secondary N) is 1. The van der Waals surface area contributed by atoms with Gasteiger partial charge in [0.05, 0.1) is 0 Å². The van der Waals surface area contributed by atoms with E-state index < -0.39 is 0 Å². The van der Waals surface area contributed by atoms with E-state index in [0.29, 0.717) is 6.04 Å². The van der Waals surface area contributed by atoms with Crippen LogP contribution in [0.2, 0.25) is 0 Å². The molecule has 4 heteroatoms. The third-order valence-corrected chi connectivity index (χ3v) is 4.56. The number of piperazine rings is 1. The van der Waals surface area contributed by atoms with Crippen LogP contribution in [0.15, 0.2) is 24.5 Å². The molecule has 2 aliphatic rings. The predicted octanol–water partition coefficient (Wildman–Crippen LogP) is 1.51. The number of pyridine rings is 1. The topological polar surface area (TPSA) is 31.4 Å². The highest BCUT2D eigenvalue weighted by atomic mass is 15.2. The molecule has 0 amide bonds. The van der Waals surface area contributed by atoms with Crippen molar-refractivity contribution in [2.45, 2.75) is 25.3 Å². The number of nitrogens with zero attached hydrogens (tertiary/aromatic N) is 3. The van der Waals surface area contributed by atoms with Crippen LogP contribution in [-0.4, -0.2) is 60.6 Å². The van der Waals surface area contributed by atoms with Crippen molar-refractivity contribution >= 4 is 0 Å². The van der Waals surface area contributed by atoms with E-state index in [9.17, 15) is 0 Å². The molecule has 1 atom stereocenters. The van der Waals surface area contributed by atoms with Crippen LogP contribution in [-0.2, 0) is 0 Å². The summed E-state index contributed by atoms with van der Waals surface area (Å²) >= 11 is 0. The second kappa shape index (κ2) is 7.16. The van der Waals surface area contributed by atoms with Crippen molar-refractivity contribution in [1.82, 2.24) is 20.1 Å². The lowest BCUT2D eigenvalue weighted by atomic mass is 10.1. The predicted molar refractivity (Wildman–Crippen MR) is 81.7 cm³/mol. The molecule has 0 aromatic carbocycles. The molecule has 1 aromatic rings. The fraction of sp³-hybridized carbons (Fsp3) is 0.688. The molecular formula is C16H26N4. The average Bonchev–Trinajstić information content (AvgIpc) is 2.98. The molecule has 2 saturated heterocycles. The van der Waals surface area contributed by atoms with Gasteiger partial charge in [0.2, 0.25) is 0 Å². The molecular weight excluding hydrogens is 248 g/mol. The van der Waals surface area contributed by atoms with Crippen molar-refractivity contribution in [1.29, 1.82) is 0 Å². The Labute approximate surface area is 122 Å². The summed E-state index contributed by atoms with van der Waals surface area (Å²) in [4.78, 5) is 9.52. The van der Waals surface area contributed by atoms with E-state index in [-0.39, 0.29) is 0 Å². The van der Waals surface area contributed by atoms with Crippen LogP contribution in [0, 0.1) is 0 Å². The highest BCUT2D eigenvalue weighted by Crippen LogP contribution is 2.31. The fourth-order valence-corrected chi connectivity index (χ4v) is 3.48. The Morgan fingerprint density at radius 3 is 2.90 bits per heavy atom. The summed E-state index contributed by atoms with van der Waals surface area (Å²) < 4.78 is 0. The summed E-state index contributed by atoms with van der Waals surface area (Å²) in [6.07, 6.45) is 7.82. The van der Waals surface area contributed by atoms with E-state index in [0.717, 1.165) is 13.1 Å². The smallest absolute Gasteiger partial charge is 0.0363 e. The third-order valence-electron chi connectivity index (χ3n) is 4.56. The summed E-state index contributed by atoms with van der Waals surface area (Å²) in [5.74, 6) is 0. The lowest BCUT2D eigenvalue weighted by molar-refractivity contribution is 0.203. The van der Waals surface area contributed by atoms with Gasteiger partial charge in [-0.25, -0.2) is 0 Å².